The van der Waals surface area contributed by atoms with Crippen molar-refractivity contribution < 1.29 is 14.3 Å². The molecular formula is C25H42N2O3. The van der Waals surface area contributed by atoms with E-state index >= 15 is 0 Å². The van der Waals surface area contributed by atoms with Gasteiger partial charge in [0.25, 0.3) is 0 Å². The van der Waals surface area contributed by atoms with Gasteiger partial charge >= 0.3 is 6.09 Å². The maximum absolute atomic E-state index is 12.9. The van der Waals surface area contributed by atoms with Crippen LogP contribution in [0.5, 0.6) is 0 Å². The van der Waals surface area contributed by atoms with Crippen molar-refractivity contribution in [2.45, 2.75) is 109 Å². The summed E-state index contributed by atoms with van der Waals surface area (Å²) in [5.74, 6) is 1.73. The topological polar surface area (TPSA) is 58.6 Å². The van der Waals surface area contributed by atoms with E-state index in [0.717, 1.165) is 43.1 Å². The molecule has 5 heteroatoms. The van der Waals surface area contributed by atoms with Crippen molar-refractivity contribution in [3.8, 4) is 0 Å². The van der Waals surface area contributed by atoms with E-state index in [4.69, 9.17) is 4.74 Å². The molecule has 2 fully saturated rings. The SMILES string of the molecule is CC(C)(C)OC(=O)N1CC[C@@H](NC(=O)C2=CCCCC(C3CCCCCC3)CC2)C1. The molecule has 0 aromatic carbocycles. The van der Waals surface area contributed by atoms with Gasteiger partial charge in [0.15, 0.2) is 0 Å². The summed E-state index contributed by atoms with van der Waals surface area (Å²) in [6.45, 7) is 6.82. The van der Waals surface area contributed by atoms with Gasteiger partial charge in [0.05, 0.1) is 0 Å². The minimum Gasteiger partial charge on any atom is -0.444 e. The molecule has 1 heterocycles. The Balaban J connectivity index is 1.48. The van der Waals surface area contributed by atoms with Crippen molar-refractivity contribution in [1.82, 2.24) is 10.2 Å². The standard InChI is InChI=1S/C25H42N2O3/c1-25(2,3)30-24(29)27-17-16-22(18-27)26-23(28)21-13-9-8-12-20(14-15-21)19-10-6-4-5-7-11-19/h13,19-20,22H,4-12,14-18H2,1-3H3,(H,26,28)/t20?,22-/m1/s1. The van der Waals surface area contributed by atoms with Crippen molar-refractivity contribution >= 4 is 12.0 Å². The number of hydrogen-bond donors (Lipinski definition) is 1. The van der Waals surface area contributed by atoms with Crippen LogP contribution in [0.1, 0.15) is 97.8 Å². The van der Waals surface area contributed by atoms with Gasteiger partial charge < -0.3 is 15.0 Å². The molecule has 0 aromatic heterocycles. The molecule has 1 unspecified atom stereocenters. The number of ether oxygens (including phenoxy) is 1. The van der Waals surface area contributed by atoms with Crippen molar-refractivity contribution in [3.05, 3.63) is 11.6 Å². The quantitative estimate of drug-likeness (QED) is 0.608. The molecule has 1 aliphatic heterocycles. The third kappa shape index (κ3) is 7.02. The molecule has 3 aliphatic rings. The summed E-state index contributed by atoms with van der Waals surface area (Å²) >= 11 is 0. The molecule has 5 nitrogen and oxygen atoms in total. The second-order valence-electron chi connectivity index (χ2n) is 10.6. The number of carbonyl (C=O) groups is 2. The molecule has 0 radical (unpaired) electrons. The fourth-order valence-electron chi connectivity index (χ4n) is 5.35. The van der Waals surface area contributed by atoms with E-state index in [1.54, 1.807) is 4.90 Å². The first-order valence-corrected chi connectivity index (χ1v) is 12.3. The fraction of sp³-hybridized carbons (Fsp3) is 0.840. The highest BCUT2D eigenvalue weighted by molar-refractivity contribution is 5.93. The van der Waals surface area contributed by atoms with Gasteiger partial charge in [0.1, 0.15) is 5.60 Å². The Morgan fingerprint density at radius 1 is 0.967 bits per heavy atom. The summed E-state index contributed by atoms with van der Waals surface area (Å²) in [6.07, 6.45) is 16.6. The average molecular weight is 419 g/mol. The number of likely N-dealkylation sites (tertiary alicyclic amines) is 1. The van der Waals surface area contributed by atoms with Gasteiger partial charge in [-0.1, -0.05) is 44.6 Å². The Bertz CT molecular complexity index is 614. The van der Waals surface area contributed by atoms with Gasteiger partial charge in [-0.15, -0.1) is 0 Å². The third-order valence-corrected chi connectivity index (χ3v) is 6.99. The number of nitrogens with one attached hydrogen (secondary N) is 1. The van der Waals surface area contributed by atoms with Crippen LogP contribution in [0.2, 0.25) is 0 Å². The number of carbonyl (C=O) groups excluding carboxylic acids is 2. The Morgan fingerprint density at radius 3 is 2.33 bits per heavy atom. The molecule has 1 saturated heterocycles. The zero-order valence-electron chi connectivity index (χ0n) is 19.4. The van der Waals surface area contributed by atoms with Crippen molar-refractivity contribution in [2.75, 3.05) is 13.1 Å². The highest BCUT2D eigenvalue weighted by atomic mass is 16.6. The normalized spacial score (nSPS) is 26.9. The van der Waals surface area contributed by atoms with Gasteiger partial charge in [-0.25, -0.2) is 4.79 Å². The molecule has 2 atom stereocenters. The van der Waals surface area contributed by atoms with Gasteiger partial charge in [0, 0.05) is 24.7 Å². The van der Waals surface area contributed by atoms with Crippen LogP contribution in [0.3, 0.4) is 0 Å². The summed E-state index contributed by atoms with van der Waals surface area (Å²) < 4.78 is 5.46. The number of allylic oxidation sites excluding steroid dienone is 1. The lowest BCUT2D eigenvalue weighted by Gasteiger charge is -2.28. The number of nitrogens with zero attached hydrogens (tertiary/aromatic N) is 1. The first-order valence-electron chi connectivity index (χ1n) is 12.3. The van der Waals surface area contributed by atoms with E-state index < -0.39 is 5.60 Å². The summed E-state index contributed by atoms with van der Waals surface area (Å²) in [4.78, 5) is 26.9. The second kappa shape index (κ2) is 10.7. The maximum atomic E-state index is 12.9. The van der Waals surface area contributed by atoms with Gasteiger partial charge in [0.2, 0.25) is 5.91 Å². The zero-order valence-corrected chi connectivity index (χ0v) is 19.4. The lowest BCUT2D eigenvalue weighted by Crippen LogP contribution is -2.40. The van der Waals surface area contributed by atoms with E-state index in [9.17, 15) is 9.59 Å². The van der Waals surface area contributed by atoms with Crippen LogP contribution in [0, 0.1) is 11.8 Å². The smallest absolute Gasteiger partial charge is 0.410 e. The van der Waals surface area contributed by atoms with E-state index in [-0.39, 0.29) is 18.0 Å². The third-order valence-electron chi connectivity index (χ3n) is 6.99. The van der Waals surface area contributed by atoms with Gasteiger partial charge in [-0.2, -0.15) is 0 Å². The monoisotopic (exact) mass is 418 g/mol. The molecule has 170 valence electrons. The average Bonchev–Trinajstić information content (AvgIpc) is 2.94. The minimum absolute atomic E-state index is 0.0222. The molecule has 30 heavy (non-hydrogen) atoms. The van der Waals surface area contributed by atoms with Crippen LogP contribution >= 0.6 is 0 Å². The van der Waals surface area contributed by atoms with Crippen LogP contribution in [-0.2, 0) is 9.53 Å². The maximum Gasteiger partial charge on any atom is 0.410 e. The molecule has 1 N–H and O–H groups in total. The summed E-state index contributed by atoms with van der Waals surface area (Å²) in [7, 11) is 0. The predicted octanol–water partition coefficient (Wildman–Crippen LogP) is 5.59. The molecular weight excluding hydrogens is 376 g/mol. The summed E-state index contributed by atoms with van der Waals surface area (Å²) in [5, 5.41) is 3.19. The lowest BCUT2D eigenvalue weighted by atomic mass is 9.78. The molecule has 0 bridgehead atoms. The Labute approximate surface area is 183 Å². The van der Waals surface area contributed by atoms with E-state index in [0.29, 0.717) is 13.1 Å². The number of amides is 2. The molecule has 0 spiro atoms. The van der Waals surface area contributed by atoms with Crippen LogP contribution < -0.4 is 5.32 Å². The Kier molecular flexibility index (Phi) is 8.24. The molecule has 2 amide bonds. The first-order chi connectivity index (χ1) is 14.3. The van der Waals surface area contributed by atoms with Crippen LogP contribution in [-0.4, -0.2) is 41.6 Å². The lowest BCUT2D eigenvalue weighted by molar-refractivity contribution is -0.118. The van der Waals surface area contributed by atoms with E-state index in [1.165, 1.54) is 51.4 Å². The largest absolute Gasteiger partial charge is 0.444 e. The van der Waals surface area contributed by atoms with E-state index in [2.05, 4.69) is 11.4 Å². The molecule has 2 aliphatic carbocycles. The Hall–Kier alpha value is -1.52. The minimum atomic E-state index is -0.490. The van der Waals surface area contributed by atoms with Gasteiger partial charge in [-0.05, 0) is 71.1 Å². The van der Waals surface area contributed by atoms with Gasteiger partial charge in [-0.3, -0.25) is 4.79 Å². The molecule has 1 saturated carbocycles. The second-order valence-corrected chi connectivity index (χ2v) is 10.6. The highest BCUT2D eigenvalue weighted by Crippen LogP contribution is 2.36. The number of rotatable bonds is 3. The molecule has 0 aromatic rings. The number of hydrogen-bond acceptors (Lipinski definition) is 3. The van der Waals surface area contributed by atoms with Crippen molar-refractivity contribution in [2.24, 2.45) is 11.8 Å². The van der Waals surface area contributed by atoms with Crippen LogP contribution in [0.4, 0.5) is 4.79 Å². The first kappa shape index (κ1) is 23.1. The fourth-order valence-corrected chi connectivity index (χ4v) is 5.35. The van der Waals surface area contributed by atoms with Crippen molar-refractivity contribution in [1.29, 1.82) is 0 Å². The Morgan fingerprint density at radius 2 is 1.63 bits per heavy atom. The van der Waals surface area contributed by atoms with Crippen LogP contribution in [0.15, 0.2) is 11.6 Å². The highest BCUT2D eigenvalue weighted by Gasteiger charge is 2.31. The predicted molar refractivity (Wildman–Crippen MR) is 120 cm³/mol. The zero-order chi connectivity index (χ0) is 21.6. The summed E-state index contributed by atoms with van der Waals surface area (Å²) in [5.41, 5.74) is 0.472. The van der Waals surface area contributed by atoms with Crippen LogP contribution in [0.25, 0.3) is 0 Å². The molecule has 3 rings (SSSR count). The van der Waals surface area contributed by atoms with E-state index in [1.807, 2.05) is 20.8 Å². The van der Waals surface area contributed by atoms with Crippen molar-refractivity contribution in [3.63, 3.8) is 0 Å². The summed E-state index contributed by atoms with van der Waals surface area (Å²) in [6, 6.07) is 0.0222.